The Hall–Kier alpha value is -2.06. The summed E-state index contributed by atoms with van der Waals surface area (Å²) >= 11 is 5.30. The molecule has 0 saturated heterocycles. The van der Waals surface area contributed by atoms with Crippen molar-refractivity contribution >= 4 is 34.6 Å². The first kappa shape index (κ1) is 20.0. The van der Waals surface area contributed by atoms with Gasteiger partial charge in [0.1, 0.15) is 11.5 Å². The van der Waals surface area contributed by atoms with Crippen molar-refractivity contribution in [3.63, 3.8) is 0 Å². The summed E-state index contributed by atoms with van der Waals surface area (Å²) in [6.45, 7) is 3.19. The van der Waals surface area contributed by atoms with Crippen LogP contribution in [0, 0.1) is 0 Å². The van der Waals surface area contributed by atoms with Gasteiger partial charge in [-0.1, -0.05) is 0 Å². The first-order valence-electron chi connectivity index (χ1n) is 7.60. The van der Waals surface area contributed by atoms with Crippen molar-refractivity contribution in [2.45, 2.75) is 13.3 Å². The lowest BCUT2D eigenvalue weighted by molar-refractivity contribution is -0.114. The van der Waals surface area contributed by atoms with E-state index in [9.17, 15) is 4.79 Å². The van der Waals surface area contributed by atoms with Crippen LogP contribution in [-0.2, 0) is 4.79 Å². The Morgan fingerprint density at radius 1 is 1.12 bits per heavy atom. The minimum atomic E-state index is -0.186. The molecule has 0 unspecified atom stereocenters. The molecular weight excluding hydrogens is 328 g/mol. The highest BCUT2D eigenvalue weighted by atomic mass is 32.1. The molecule has 24 heavy (non-hydrogen) atoms. The van der Waals surface area contributed by atoms with Gasteiger partial charge in [0.2, 0.25) is 5.91 Å². The van der Waals surface area contributed by atoms with Crippen molar-refractivity contribution in [1.29, 1.82) is 0 Å². The van der Waals surface area contributed by atoms with Crippen LogP contribution in [0.3, 0.4) is 0 Å². The van der Waals surface area contributed by atoms with E-state index in [1.165, 1.54) is 14.0 Å². The monoisotopic (exact) mass is 354 g/mol. The molecule has 1 rings (SSSR count). The lowest BCUT2D eigenvalue weighted by atomic mass is 10.2. The first-order chi connectivity index (χ1) is 11.4. The number of ether oxygens (including phenoxy) is 2. The van der Waals surface area contributed by atoms with Crippen molar-refractivity contribution < 1.29 is 14.3 Å². The minimum absolute atomic E-state index is 0.186. The summed E-state index contributed by atoms with van der Waals surface area (Å²) in [5.74, 6) is 0.884. The largest absolute Gasteiger partial charge is 0.494 e. The van der Waals surface area contributed by atoms with E-state index in [1.807, 2.05) is 14.1 Å². The van der Waals surface area contributed by atoms with Crippen LogP contribution in [-0.4, -0.2) is 57.3 Å². The number of methoxy groups -OCH3 is 2. The number of anilines is 2. The number of nitrogens with one attached hydrogen (secondary N) is 3. The van der Waals surface area contributed by atoms with E-state index in [-0.39, 0.29) is 5.91 Å². The molecule has 1 aromatic carbocycles. The Bertz CT molecular complexity index is 579. The lowest BCUT2D eigenvalue weighted by Crippen LogP contribution is -2.31. The number of amides is 1. The fraction of sp³-hybridized carbons (Fsp3) is 0.500. The van der Waals surface area contributed by atoms with Gasteiger partial charge < -0.3 is 30.3 Å². The molecule has 0 saturated carbocycles. The molecule has 0 aromatic heterocycles. The maximum atomic E-state index is 11.3. The second-order valence-electron chi connectivity index (χ2n) is 5.47. The number of thiocarbonyl (C=S) groups is 1. The average Bonchev–Trinajstić information content (AvgIpc) is 2.51. The van der Waals surface area contributed by atoms with E-state index in [4.69, 9.17) is 21.7 Å². The highest BCUT2D eigenvalue weighted by molar-refractivity contribution is 7.80. The molecule has 134 valence electrons. The molecule has 0 heterocycles. The summed E-state index contributed by atoms with van der Waals surface area (Å²) in [5.41, 5.74) is 1.20. The normalized spacial score (nSPS) is 10.2. The Morgan fingerprint density at radius 2 is 1.67 bits per heavy atom. The average molecular weight is 354 g/mol. The van der Waals surface area contributed by atoms with Crippen LogP contribution >= 0.6 is 12.2 Å². The zero-order valence-electron chi connectivity index (χ0n) is 14.9. The van der Waals surface area contributed by atoms with Gasteiger partial charge in [-0.25, -0.2) is 0 Å². The first-order valence-corrected chi connectivity index (χ1v) is 8.01. The van der Waals surface area contributed by atoms with Crippen molar-refractivity contribution in [3.05, 3.63) is 12.1 Å². The van der Waals surface area contributed by atoms with E-state index in [0.29, 0.717) is 28.0 Å². The minimum Gasteiger partial charge on any atom is -0.494 e. The lowest BCUT2D eigenvalue weighted by Gasteiger charge is -2.17. The predicted octanol–water partition coefficient (Wildman–Crippen LogP) is 1.90. The summed E-state index contributed by atoms with van der Waals surface area (Å²) in [7, 11) is 7.15. The van der Waals surface area contributed by atoms with Crippen LogP contribution in [0.5, 0.6) is 11.5 Å². The van der Waals surface area contributed by atoms with Crippen molar-refractivity contribution in [3.8, 4) is 11.5 Å². The zero-order chi connectivity index (χ0) is 18.1. The zero-order valence-corrected chi connectivity index (χ0v) is 15.7. The highest BCUT2D eigenvalue weighted by Crippen LogP contribution is 2.36. The summed E-state index contributed by atoms with van der Waals surface area (Å²) in [4.78, 5) is 13.4. The molecule has 3 N–H and O–H groups in total. The highest BCUT2D eigenvalue weighted by Gasteiger charge is 2.13. The third-order valence-electron chi connectivity index (χ3n) is 3.15. The molecule has 7 nitrogen and oxygen atoms in total. The molecule has 0 aliphatic rings. The van der Waals surface area contributed by atoms with Crippen LogP contribution in [0.25, 0.3) is 0 Å². The Morgan fingerprint density at radius 3 is 2.12 bits per heavy atom. The smallest absolute Gasteiger partial charge is 0.221 e. The van der Waals surface area contributed by atoms with Crippen molar-refractivity contribution in [2.24, 2.45) is 0 Å². The molecule has 8 heteroatoms. The van der Waals surface area contributed by atoms with Gasteiger partial charge in [0.05, 0.1) is 25.6 Å². The molecule has 0 bridgehead atoms. The van der Waals surface area contributed by atoms with Gasteiger partial charge in [-0.3, -0.25) is 4.79 Å². The Labute approximate surface area is 148 Å². The maximum absolute atomic E-state index is 11.3. The predicted molar refractivity (Wildman–Crippen MR) is 101 cm³/mol. The van der Waals surface area contributed by atoms with Gasteiger partial charge in [0, 0.05) is 25.6 Å². The second-order valence-corrected chi connectivity index (χ2v) is 5.88. The third-order valence-corrected chi connectivity index (χ3v) is 3.39. The third kappa shape index (κ3) is 6.59. The van der Waals surface area contributed by atoms with Crippen molar-refractivity contribution in [1.82, 2.24) is 10.2 Å². The number of nitrogens with zero attached hydrogens (tertiary/aromatic N) is 1. The number of carbonyl (C=O) groups is 1. The number of hydrogen-bond donors (Lipinski definition) is 3. The van der Waals surface area contributed by atoms with Gasteiger partial charge in [-0.05, 0) is 39.3 Å². The Balaban J connectivity index is 2.79. The fourth-order valence-corrected chi connectivity index (χ4v) is 2.26. The van der Waals surface area contributed by atoms with Crippen LogP contribution in [0.15, 0.2) is 12.1 Å². The summed E-state index contributed by atoms with van der Waals surface area (Å²) < 4.78 is 10.7. The SMILES string of the molecule is COc1cc(NC(=S)NCCCN(C)C)c(OC)cc1NC(C)=O. The van der Waals surface area contributed by atoms with Gasteiger partial charge >= 0.3 is 0 Å². The molecule has 0 aliphatic heterocycles. The summed E-state index contributed by atoms with van der Waals surface area (Å²) in [6, 6.07) is 3.43. The van der Waals surface area contributed by atoms with E-state index in [2.05, 4.69) is 20.9 Å². The molecule has 0 radical (unpaired) electrons. The molecule has 0 atom stereocenters. The molecule has 0 spiro atoms. The fourth-order valence-electron chi connectivity index (χ4n) is 2.05. The molecule has 0 aliphatic carbocycles. The van der Waals surface area contributed by atoms with Crippen LogP contribution in [0.2, 0.25) is 0 Å². The van der Waals surface area contributed by atoms with Crippen LogP contribution < -0.4 is 25.4 Å². The van der Waals surface area contributed by atoms with E-state index in [0.717, 1.165) is 19.5 Å². The number of benzene rings is 1. The topological polar surface area (TPSA) is 74.9 Å². The van der Waals surface area contributed by atoms with Gasteiger partial charge in [0.25, 0.3) is 0 Å². The number of carbonyl (C=O) groups excluding carboxylic acids is 1. The summed E-state index contributed by atoms with van der Waals surface area (Å²) in [6.07, 6.45) is 0.983. The molecular formula is C16H26N4O3S. The van der Waals surface area contributed by atoms with Gasteiger partial charge in [-0.2, -0.15) is 0 Å². The Kier molecular flexibility index (Phi) is 8.28. The van der Waals surface area contributed by atoms with E-state index >= 15 is 0 Å². The van der Waals surface area contributed by atoms with Gasteiger partial charge in [-0.15, -0.1) is 0 Å². The van der Waals surface area contributed by atoms with Gasteiger partial charge in [0.15, 0.2) is 5.11 Å². The van der Waals surface area contributed by atoms with E-state index in [1.54, 1.807) is 19.2 Å². The summed E-state index contributed by atoms with van der Waals surface area (Å²) in [5, 5.41) is 9.45. The van der Waals surface area contributed by atoms with Crippen molar-refractivity contribution in [2.75, 3.05) is 52.0 Å². The van der Waals surface area contributed by atoms with Crippen LogP contribution in [0.1, 0.15) is 13.3 Å². The molecule has 0 fully saturated rings. The maximum Gasteiger partial charge on any atom is 0.221 e. The molecule has 1 aromatic rings. The quantitative estimate of drug-likeness (QED) is 0.486. The molecule has 1 amide bonds. The number of rotatable bonds is 8. The van der Waals surface area contributed by atoms with Crippen LogP contribution in [0.4, 0.5) is 11.4 Å². The second kappa shape index (κ2) is 9.94. The number of hydrogen-bond acceptors (Lipinski definition) is 5. The standard InChI is InChI=1S/C16H26N4O3S/c1-11(21)18-12-9-15(23-5)13(10-14(12)22-4)19-16(24)17-7-6-8-20(2)3/h9-10H,6-8H2,1-5H3,(H,18,21)(H2,17,19,24). The van der Waals surface area contributed by atoms with E-state index < -0.39 is 0 Å².